The molecule has 0 fully saturated rings. The SMILES string of the molecule is Cc1cnc2cc(Cc3cccc(F)c3C)n(-c3ccccc3)c2c1. The number of rotatable bonds is 3. The first kappa shape index (κ1) is 15.6. The fraction of sp³-hybridized carbons (Fsp3) is 0.136. The summed E-state index contributed by atoms with van der Waals surface area (Å²) in [6.45, 7) is 3.88. The van der Waals surface area contributed by atoms with Crippen LogP contribution in [0.1, 0.15) is 22.4 Å². The molecule has 4 rings (SSSR count). The van der Waals surface area contributed by atoms with Crippen molar-refractivity contribution in [1.29, 1.82) is 0 Å². The van der Waals surface area contributed by atoms with E-state index in [1.807, 2.05) is 44.3 Å². The van der Waals surface area contributed by atoms with Gasteiger partial charge in [-0.3, -0.25) is 4.98 Å². The molecule has 2 heterocycles. The van der Waals surface area contributed by atoms with Crippen LogP contribution in [0.2, 0.25) is 0 Å². The van der Waals surface area contributed by atoms with Crippen LogP contribution < -0.4 is 0 Å². The van der Waals surface area contributed by atoms with E-state index in [4.69, 9.17) is 0 Å². The fourth-order valence-electron chi connectivity index (χ4n) is 3.28. The average molecular weight is 330 g/mol. The van der Waals surface area contributed by atoms with Crippen molar-refractivity contribution in [2.24, 2.45) is 0 Å². The molecule has 4 aromatic rings. The predicted molar refractivity (Wildman–Crippen MR) is 99.8 cm³/mol. The number of aromatic nitrogens is 2. The molecule has 3 heteroatoms. The van der Waals surface area contributed by atoms with E-state index in [0.717, 1.165) is 33.5 Å². The fourth-order valence-corrected chi connectivity index (χ4v) is 3.28. The molecule has 0 saturated heterocycles. The molecule has 2 aromatic heterocycles. The van der Waals surface area contributed by atoms with Gasteiger partial charge in [-0.1, -0.05) is 30.3 Å². The minimum absolute atomic E-state index is 0.158. The van der Waals surface area contributed by atoms with Crippen molar-refractivity contribution in [3.8, 4) is 5.69 Å². The highest BCUT2D eigenvalue weighted by atomic mass is 19.1. The van der Waals surface area contributed by atoms with Gasteiger partial charge >= 0.3 is 0 Å². The Morgan fingerprint density at radius 2 is 1.76 bits per heavy atom. The second-order valence-corrected chi connectivity index (χ2v) is 6.42. The van der Waals surface area contributed by atoms with E-state index in [1.165, 1.54) is 6.07 Å². The lowest BCUT2D eigenvalue weighted by Crippen LogP contribution is -2.02. The summed E-state index contributed by atoms with van der Waals surface area (Å²) < 4.78 is 16.2. The van der Waals surface area contributed by atoms with Crippen LogP contribution in [0.4, 0.5) is 4.39 Å². The van der Waals surface area contributed by atoms with Crippen molar-refractivity contribution in [2.75, 3.05) is 0 Å². The van der Waals surface area contributed by atoms with Crippen LogP contribution >= 0.6 is 0 Å². The summed E-state index contributed by atoms with van der Waals surface area (Å²) in [4.78, 5) is 4.57. The second-order valence-electron chi connectivity index (χ2n) is 6.42. The Morgan fingerprint density at radius 3 is 2.56 bits per heavy atom. The van der Waals surface area contributed by atoms with Gasteiger partial charge < -0.3 is 4.57 Å². The quantitative estimate of drug-likeness (QED) is 0.493. The molecule has 0 aliphatic rings. The zero-order valence-electron chi connectivity index (χ0n) is 14.3. The first-order chi connectivity index (χ1) is 12.1. The highest BCUT2D eigenvalue weighted by Gasteiger charge is 2.14. The molecule has 0 radical (unpaired) electrons. The Balaban J connectivity index is 1.93. The second kappa shape index (κ2) is 6.17. The number of nitrogens with zero attached hydrogens (tertiary/aromatic N) is 2. The van der Waals surface area contributed by atoms with Crippen LogP contribution in [-0.4, -0.2) is 9.55 Å². The van der Waals surface area contributed by atoms with Gasteiger partial charge in [0.25, 0.3) is 0 Å². The number of hydrogen-bond acceptors (Lipinski definition) is 1. The van der Waals surface area contributed by atoms with Crippen molar-refractivity contribution in [1.82, 2.24) is 9.55 Å². The van der Waals surface area contributed by atoms with Gasteiger partial charge in [0.15, 0.2) is 0 Å². The highest BCUT2D eigenvalue weighted by molar-refractivity contribution is 5.80. The smallest absolute Gasteiger partial charge is 0.126 e. The Morgan fingerprint density at radius 1 is 0.960 bits per heavy atom. The summed E-state index contributed by atoms with van der Waals surface area (Å²) in [6.07, 6.45) is 2.54. The van der Waals surface area contributed by atoms with Crippen LogP contribution in [0.15, 0.2) is 66.9 Å². The number of aryl methyl sites for hydroxylation is 1. The molecule has 0 aliphatic heterocycles. The van der Waals surface area contributed by atoms with Crippen molar-refractivity contribution < 1.29 is 4.39 Å². The number of hydrogen-bond donors (Lipinski definition) is 0. The van der Waals surface area contributed by atoms with Crippen molar-refractivity contribution in [3.05, 3.63) is 95.1 Å². The minimum Gasteiger partial charge on any atom is -0.312 e. The van der Waals surface area contributed by atoms with Crippen LogP contribution in [0.5, 0.6) is 0 Å². The lowest BCUT2D eigenvalue weighted by molar-refractivity contribution is 0.616. The molecule has 0 aliphatic carbocycles. The van der Waals surface area contributed by atoms with Crippen molar-refractivity contribution in [3.63, 3.8) is 0 Å². The van der Waals surface area contributed by atoms with E-state index in [1.54, 1.807) is 6.07 Å². The number of para-hydroxylation sites is 1. The molecule has 124 valence electrons. The third-order valence-corrected chi connectivity index (χ3v) is 4.63. The van der Waals surface area contributed by atoms with Gasteiger partial charge in [0.05, 0.1) is 11.0 Å². The molecule has 0 bridgehead atoms. The van der Waals surface area contributed by atoms with Gasteiger partial charge in [0.1, 0.15) is 5.82 Å². The lowest BCUT2D eigenvalue weighted by atomic mass is 10.0. The summed E-state index contributed by atoms with van der Waals surface area (Å²) in [6, 6.07) is 19.8. The number of fused-ring (bicyclic) bond motifs is 1. The van der Waals surface area contributed by atoms with Crippen molar-refractivity contribution in [2.45, 2.75) is 20.3 Å². The average Bonchev–Trinajstić information content (AvgIpc) is 2.97. The van der Waals surface area contributed by atoms with Gasteiger partial charge in [-0.15, -0.1) is 0 Å². The Bertz CT molecular complexity index is 1050. The normalized spacial score (nSPS) is 11.2. The molecule has 0 saturated carbocycles. The third kappa shape index (κ3) is 2.82. The lowest BCUT2D eigenvalue weighted by Gasteiger charge is -2.12. The molecule has 0 N–H and O–H groups in total. The first-order valence-corrected chi connectivity index (χ1v) is 8.40. The molecule has 0 spiro atoms. The summed E-state index contributed by atoms with van der Waals surface area (Å²) in [5.74, 6) is -0.158. The third-order valence-electron chi connectivity index (χ3n) is 4.63. The van der Waals surface area contributed by atoms with E-state index in [-0.39, 0.29) is 5.82 Å². The van der Waals surface area contributed by atoms with E-state index < -0.39 is 0 Å². The van der Waals surface area contributed by atoms with E-state index >= 15 is 0 Å². The predicted octanol–water partition coefficient (Wildman–Crippen LogP) is 5.37. The largest absolute Gasteiger partial charge is 0.312 e. The number of pyridine rings is 1. The zero-order valence-corrected chi connectivity index (χ0v) is 14.3. The summed E-state index contributed by atoms with van der Waals surface area (Å²) in [7, 11) is 0. The van der Waals surface area contributed by atoms with Gasteiger partial charge in [-0.25, -0.2) is 4.39 Å². The Hall–Kier alpha value is -2.94. The molecular weight excluding hydrogens is 311 g/mol. The molecule has 0 atom stereocenters. The Kier molecular flexibility index (Phi) is 3.85. The maximum Gasteiger partial charge on any atom is 0.126 e. The molecule has 2 nitrogen and oxygen atoms in total. The Labute approximate surface area is 146 Å². The number of benzene rings is 2. The standard InChI is InChI=1S/C22H19FN2/c1-15-11-22-21(24-14-15)13-19(25(22)18-8-4-3-5-9-18)12-17-7-6-10-20(23)16(17)2/h3-11,13-14H,12H2,1-2H3. The topological polar surface area (TPSA) is 17.8 Å². The van der Waals surface area contributed by atoms with Crippen LogP contribution in [-0.2, 0) is 6.42 Å². The van der Waals surface area contributed by atoms with E-state index in [2.05, 4.69) is 33.8 Å². The van der Waals surface area contributed by atoms with Gasteiger partial charge in [-0.2, -0.15) is 0 Å². The molecule has 2 aromatic carbocycles. The summed E-state index contributed by atoms with van der Waals surface area (Å²) in [5.41, 5.74) is 7.06. The highest BCUT2D eigenvalue weighted by Crippen LogP contribution is 2.27. The molecule has 0 unspecified atom stereocenters. The van der Waals surface area contributed by atoms with Crippen LogP contribution in [0.3, 0.4) is 0 Å². The maximum absolute atomic E-state index is 13.9. The summed E-state index contributed by atoms with van der Waals surface area (Å²) >= 11 is 0. The van der Waals surface area contributed by atoms with E-state index in [0.29, 0.717) is 12.0 Å². The molecule has 25 heavy (non-hydrogen) atoms. The number of halogens is 1. The maximum atomic E-state index is 13.9. The van der Waals surface area contributed by atoms with Crippen molar-refractivity contribution >= 4 is 11.0 Å². The van der Waals surface area contributed by atoms with Gasteiger partial charge in [-0.05, 0) is 60.9 Å². The van der Waals surface area contributed by atoms with E-state index in [9.17, 15) is 4.39 Å². The monoisotopic (exact) mass is 330 g/mol. The molecule has 0 amide bonds. The summed E-state index contributed by atoms with van der Waals surface area (Å²) in [5, 5.41) is 0. The zero-order chi connectivity index (χ0) is 17.4. The van der Waals surface area contributed by atoms with Gasteiger partial charge in [0.2, 0.25) is 0 Å². The molecular formula is C22H19FN2. The minimum atomic E-state index is -0.158. The van der Waals surface area contributed by atoms with Crippen LogP contribution in [0.25, 0.3) is 16.7 Å². The van der Waals surface area contributed by atoms with Crippen LogP contribution in [0, 0.1) is 19.7 Å². The first-order valence-electron chi connectivity index (χ1n) is 8.40. The van der Waals surface area contributed by atoms with Gasteiger partial charge in [0, 0.05) is 24.0 Å².